The highest BCUT2D eigenvalue weighted by Crippen LogP contribution is 2.20. The van der Waals surface area contributed by atoms with Crippen molar-refractivity contribution >= 4 is 10.0 Å². The molecule has 6 heteroatoms. The van der Waals surface area contributed by atoms with Crippen LogP contribution in [-0.2, 0) is 10.0 Å². The molecule has 0 radical (unpaired) electrons. The van der Waals surface area contributed by atoms with E-state index in [2.05, 4.69) is 4.98 Å². The molecule has 0 aliphatic carbocycles. The van der Waals surface area contributed by atoms with Crippen LogP contribution < -0.4 is 5.73 Å². The topological polar surface area (TPSA) is 76.3 Å². The quantitative estimate of drug-likeness (QED) is 0.832. The Kier molecular flexibility index (Phi) is 3.67. The molecule has 0 fully saturated rings. The lowest BCUT2D eigenvalue weighted by Crippen LogP contribution is -2.49. The van der Waals surface area contributed by atoms with Crippen molar-refractivity contribution in [1.29, 1.82) is 0 Å². The molecule has 1 aromatic heterocycles. The first-order valence-corrected chi connectivity index (χ1v) is 6.35. The van der Waals surface area contributed by atoms with Gasteiger partial charge in [-0.15, -0.1) is 0 Å². The zero-order valence-electron chi connectivity index (χ0n) is 9.71. The molecule has 0 unspecified atom stereocenters. The minimum atomic E-state index is -3.52. The second-order valence-corrected chi connectivity index (χ2v) is 6.15. The molecule has 0 saturated heterocycles. The Hall–Kier alpha value is -0.980. The first kappa shape index (κ1) is 13.1. The van der Waals surface area contributed by atoms with Gasteiger partial charge in [-0.05, 0) is 26.0 Å². The van der Waals surface area contributed by atoms with Crippen molar-refractivity contribution in [2.75, 3.05) is 13.6 Å². The average Bonchev–Trinajstić information content (AvgIpc) is 2.29. The first-order valence-electron chi connectivity index (χ1n) is 4.91. The van der Waals surface area contributed by atoms with Gasteiger partial charge in [-0.3, -0.25) is 4.98 Å². The maximum Gasteiger partial charge on any atom is 0.244 e. The van der Waals surface area contributed by atoms with Crippen LogP contribution in [0.1, 0.15) is 13.8 Å². The van der Waals surface area contributed by atoms with Crippen molar-refractivity contribution in [2.45, 2.75) is 24.3 Å². The molecule has 1 heterocycles. The predicted octanol–water partition coefficient (Wildman–Crippen LogP) is 0.439. The van der Waals surface area contributed by atoms with Crippen LogP contribution >= 0.6 is 0 Å². The van der Waals surface area contributed by atoms with Gasteiger partial charge in [0.15, 0.2) is 0 Å². The van der Waals surface area contributed by atoms with Crippen LogP contribution in [0.25, 0.3) is 0 Å². The molecule has 0 amide bonds. The van der Waals surface area contributed by atoms with Crippen molar-refractivity contribution in [2.24, 2.45) is 5.73 Å². The van der Waals surface area contributed by atoms with E-state index in [0.717, 1.165) is 0 Å². The average molecular weight is 243 g/mol. The van der Waals surface area contributed by atoms with E-state index < -0.39 is 15.6 Å². The Balaban J connectivity index is 3.14. The maximum atomic E-state index is 12.2. The third kappa shape index (κ3) is 2.40. The Morgan fingerprint density at radius 2 is 2.12 bits per heavy atom. The van der Waals surface area contributed by atoms with Crippen LogP contribution in [0, 0.1) is 0 Å². The molecular formula is C10H17N3O2S. The summed E-state index contributed by atoms with van der Waals surface area (Å²) in [6, 6.07) is 3.11. The Bertz CT molecular complexity index is 442. The Morgan fingerprint density at radius 3 is 2.56 bits per heavy atom. The molecule has 0 aliphatic rings. The van der Waals surface area contributed by atoms with E-state index in [1.807, 2.05) is 0 Å². The van der Waals surface area contributed by atoms with Crippen LogP contribution in [0.2, 0.25) is 0 Å². The largest absolute Gasteiger partial charge is 0.329 e. The number of hydrogen-bond acceptors (Lipinski definition) is 4. The third-order valence-electron chi connectivity index (χ3n) is 2.64. The van der Waals surface area contributed by atoms with Gasteiger partial charge in [0, 0.05) is 31.5 Å². The number of aromatic nitrogens is 1. The monoisotopic (exact) mass is 243 g/mol. The molecule has 16 heavy (non-hydrogen) atoms. The molecular weight excluding hydrogens is 226 g/mol. The number of pyridine rings is 1. The lowest BCUT2D eigenvalue weighted by molar-refractivity contribution is 0.274. The summed E-state index contributed by atoms with van der Waals surface area (Å²) in [6.45, 7) is 3.81. The van der Waals surface area contributed by atoms with Crippen LogP contribution in [0.5, 0.6) is 0 Å². The zero-order valence-corrected chi connectivity index (χ0v) is 10.5. The van der Waals surface area contributed by atoms with E-state index in [4.69, 9.17) is 5.73 Å². The van der Waals surface area contributed by atoms with Crippen LogP contribution in [0.3, 0.4) is 0 Å². The minimum Gasteiger partial charge on any atom is -0.329 e. The fourth-order valence-corrected chi connectivity index (χ4v) is 2.60. The third-order valence-corrected chi connectivity index (χ3v) is 4.70. The molecule has 2 N–H and O–H groups in total. The molecule has 90 valence electrons. The molecule has 0 aromatic carbocycles. The fourth-order valence-electron chi connectivity index (χ4n) is 1.11. The van der Waals surface area contributed by atoms with Gasteiger partial charge in [-0.25, -0.2) is 8.42 Å². The van der Waals surface area contributed by atoms with E-state index in [-0.39, 0.29) is 11.4 Å². The Labute approximate surface area is 96.3 Å². The van der Waals surface area contributed by atoms with E-state index in [9.17, 15) is 8.42 Å². The summed E-state index contributed by atoms with van der Waals surface area (Å²) in [4.78, 5) is 3.98. The highest BCUT2D eigenvalue weighted by Gasteiger charge is 2.32. The molecule has 0 saturated carbocycles. The number of hydrogen-bond donors (Lipinski definition) is 1. The first-order chi connectivity index (χ1) is 7.32. The molecule has 0 atom stereocenters. The van der Waals surface area contributed by atoms with Gasteiger partial charge in [0.05, 0.1) is 0 Å². The number of likely N-dealkylation sites (N-methyl/N-ethyl adjacent to an activating group) is 1. The van der Waals surface area contributed by atoms with Crippen molar-refractivity contribution in [3.05, 3.63) is 24.5 Å². The maximum absolute atomic E-state index is 12.2. The molecule has 0 bridgehead atoms. The lowest BCUT2D eigenvalue weighted by Gasteiger charge is -2.33. The summed E-state index contributed by atoms with van der Waals surface area (Å²) in [7, 11) is -1.99. The van der Waals surface area contributed by atoms with Crippen LogP contribution in [-0.4, -0.2) is 36.8 Å². The summed E-state index contributed by atoms with van der Waals surface area (Å²) in [5.41, 5.74) is 4.94. The Morgan fingerprint density at radius 1 is 1.50 bits per heavy atom. The summed E-state index contributed by atoms with van der Waals surface area (Å²) in [6.07, 6.45) is 2.87. The smallest absolute Gasteiger partial charge is 0.244 e. The second kappa shape index (κ2) is 4.48. The predicted molar refractivity (Wildman–Crippen MR) is 62.3 cm³/mol. The number of nitrogens with zero attached hydrogens (tertiary/aromatic N) is 2. The zero-order chi connectivity index (χ0) is 12.4. The van der Waals surface area contributed by atoms with Gasteiger partial charge in [0.2, 0.25) is 10.0 Å². The van der Waals surface area contributed by atoms with Gasteiger partial charge in [0.1, 0.15) is 4.90 Å². The van der Waals surface area contributed by atoms with Gasteiger partial charge in [-0.2, -0.15) is 4.31 Å². The second-order valence-electron chi connectivity index (χ2n) is 4.18. The minimum absolute atomic E-state index is 0.180. The van der Waals surface area contributed by atoms with Gasteiger partial charge < -0.3 is 5.73 Å². The highest BCUT2D eigenvalue weighted by atomic mass is 32.2. The summed E-state index contributed by atoms with van der Waals surface area (Å²) >= 11 is 0. The van der Waals surface area contributed by atoms with E-state index in [1.54, 1.807) is 19.9 Å². The van der Waals surface area contributed by atoms with Crippen molar-refractivity contribution in [3.8, 4) is 0 Å². The van der Waals surface area contributed by atoms with E-state index in [0.29, 0.717) is 0 Å². The van der Waals surface area contributed by atoms with Gasteiger partial charge in [0.25, 0.3) is 0 Å². The normalized spacial score (nSPS) is 13.1. The summed E-state index contributed by atoms with van der Waals surface area (Å²) < 4.78 is 25.6. The van der Waals surface area contributed by atoms with E-state index in [1.165, 1.54) is 29.8 Å². The SMILES string of the molecule is CN(C(C)(C)CN)S(=O)(=O)c1cccnc1. The number of rotatable bonds is 4. The highest BCUT2D eigenvalue weighted by molar-refractivity contribution is 7.89. The van der Waals surface area contributed by atoms with Crippen LogP contribution in [0.15, 0.2) is 29.4 Å². The molecule has 0 aliphatic heterocycles. The summed E-state index contributed by atoms with van der Waals surface area (Å²) in [5, 5.41) is 0. The molecule has 1 rings (SSSR count). The molecule has 1 aromatic rings. The standard InChI is InChI=1S/C10H17N3O2S/c1-10(2,8-11)13(3)16(14,15)9-5-4-6-12-7-9/h4-7H,8,11H2,1-3H3. The molecule has 0 spiro atoms. The van der Waals surface area contributed by atoms with Gasteiger partial charge in [-0.1, -0.05) is 0 Å². The van der Waals surface area contributed by atoms with E-state index >= 15 is 0 Å². The van der Waals surface area contributed by atoms with Crippen molar-refractivity contribution < 1.29 is 8.42 Å². The van der Waals surface area contributed by atoms with Crippen molar-refractivity contribution in [3.63, 3.8) is 0 Å². The number of sulfonamides is 1. The molecule has 5 nitrogen and oxygen atoms in total. The van der Waals surface area contributed by atoms with Crippen molar-refractivity contribution in [1.82, 2.24) is 9.29 Å². The fraction of sp³-hybridized carbons (Fsp3) is 0.500. The summed E-state index contributed by atoms with van der Waals surface area (Å²) in [5.74, 6) is 0. The lowest BCUT2D eigenvalue weighted by atomic mass is 10.1. The van der Waals surface area contributed by atoms with Crippen LogP contribution in [0.4, 0.5) is 0 Å². The number of nitrogens with two attached hydrogens (primary N) is 1. The van der Waals surface area contributed by atoms with Gasteiger partial charge >= 0.3 is 0 Å².